The maximum absolute atomic E-state index is 13.6. The van der Waals surface area contributed by atoms with Crippen molar-refractivity contribution in [3.63, 3.8) is 0 Å². The van der Waals surface area contributed by atoms with Gasteiger partial charge >= 0.3 is 5.97 Å². The van der Waals surface area contributed by atoms with Crippen LogP contribution in [-0.4, -0.2) is 142 Å². The second-order valence-electron chi connectivity index (χ2n) is 47.9. The zero-order chi connectivity index (χ0) is 94.7. The van der Waals surface area contributed by atoms with Crippen LogP contribution in [-0.2, 0) is 62.3 Å². The molecule has 0 aromatic carbocycles. The van der Waals surface area contributed by atoms with Gasteiger partial charge in [0.1, 0.15) is 64.9 Å². The van der Waals surface area contributed by atoms with Crippen LogP contribution in [0.15, 0.2) is 94.2 Å². The molecule has 19 aliphatic rings. The van der Waals surface area contributed by atoms with E-state index in [-0.39, 0.29) is 140 Å². The number of esters is 1. The molecule has 30 atom stereocenters. The Balaban J connectivity index is 0.000000126. The Kier molecular flexibility index (Phi) is 26.4. The van der Waals surface area contributed by atoms with Crippen LogP contribution in [0, 0.1) is 155 Å². The van der Waals surface area contributed by atoms with Crippen LogP contribution < -0.4 is 0 Å². The first-order valence-electron chi connectivity index (χ1n) is 50.6. The van der Waals surface area contributed by atoms with Crippen molar-refractivity contribution >= 4 is 69.6 Å². The molecule has 130 heavy (non-hydrogen) atoms. The van der Waals surface area contributed by atoms with E-state index in [2.05, 4.69) is 74.5 Å². The molecule has 19 nitrogen and oxygen atoms in total. The van der Waals surface area contributed by atoms with Crippen molar-refractivity contribution in [3.05, 3.63) is 94.2 Å². The topological polar surface area (TPSA) is 335 Å². The normalized spacial score (nSPS) is 45.6. The van der Waals surface area contributed by atoms with Gasteiger partial charge in [-0.2, -0.15) is 0 Å². The number of carbonyl (C=O) groups excluding carboxylic acids is 12. The fourth-order valence-electron chi connectivity index (χ4n) is 33.5. The third-order valence-corrected chi connectivity index (χ3v) is 42.0. The molecule has 0 aliphatic heterocycles. The van der Waals surface area contributed by atoms with Gasteiger partial charge in [-0.05, 0) is 321 Å². The number of Topliss-reactive ketones (excluding diaryl/α,β-unsaturated/α-hetero) is 6. The lowest BCUT2D eigenvalue weighted by molar-refractivity contribution is -0.260. The van der Waals surface area contributed by atoms with Gasteiger partial charge in [-0.3, -0.25) is 52.7 Å². The maximum atomic E-state index is 13.6. The van der Waals surface area contributed by atoms with Crippen molar-refractivity contribution in [1.82, 2.24) is 0 Å². The van der Waals surface area contributed by atoms with Gasteiger partial charge in [0.2, 0.25) is 0 Å². The molecule has 0 spiro atoms. The van der Waals surface area contributed by atoms with Gasteiger partial charge in [0, 0.05) is 84.0 Å². The predicted octanol–water partition coefficient (Wildman–Crippen LogP) is 17.7. The quantitative estimate of drug-likeness (QED) is 0.0737. The third-order valence-electron chi connectivity index (χ3n) is 42.0. The molecule has 0 heterocycles. The minimum absolute atomic E-state index is 0.0206. The van der Waals surface area contributed by atoms with Crippen LogP contribution in [0.5, 0.6) is 0 Å². The number of rotatable bonds is 13. The van der Waals surface area contributed by atoms with Crippen LogP contribution in [0.3, 0.4) is 0 Å². The van der Waals surface area contributed by atoms with Gasteiger partial charge in [0.05, 0.1) is 5.41 Å². The first-order valence-corrected chi connectivity index (χ1v) is 50.6. The summed E-state index contributed by atoms with van der Waals surface area (Å²) in [6.07, 6.45) is 44.2. The first kappa shape index (κ1) is 98.0. The van der Waals surface area contributed by atoms with Gasteiger partial charge in [-0.25, -0.2) is 4.79 Å². The zero-order valence-electron chi connectivity index (χ0n) is 81.3. The number of hydrogen-bond donors (Lipinski definition) is 6. The SMILES string of the molecule is CC(=O)C1CC(OC(=O)/C=C(\C)C(C)C)C2(O)C3CCC4=CC(=O)CCC4(C)C3CC2(O)C1C.CC(C)CCCC(C)C1CCC2C3C=CC4=CC(=O)CCC4(C)C3CCC12C.CC12C=CC(=O)C=C1CCC1C2C(=O)CC2(C)C1CCC2(O)C(=O)CO.CC12CCC(=O)C=C1CCC1C2C(=O)C2(C)C1CCC2(O)C(=O)CO.CC12CCC(=O)C=C1CCC1CCC(=O)C12C. The number of allylic oxidation sites excluding steroid dienone is 15. The number of ether oxygens (including phenoxy) is 1. The lowest BCUT2D eigenvalue weighted by Gasteiger charge is -2.56. The Labute approximate surface area is 772 Å². The highest BCUT2D eigenvalue weighted by atomic mass is 16.6. The van der Waals surface area contributed by atoms with Crippen LogP contribution in [0.4, 0.5) is 0 Å². The molecule has 30 unspecified atom stereocenters. The highest BCUT2D eigenvalue weighted by Gasteiger charge is 2.78. The van der Waals surface area contributed by atoms with E-state index in [1.807, 2.05) is 59.8 Å². The summed E-state index contributed by atoms with van der Waals surface area (Å²) in [5, 5.41) is 65.5. The summed E-state index contributed by atoms with van der Waals surface area (Å²) in [7, 11) is 0. The van der Waals surface area contributed by atoms with Crippen molar-refractivity contribution in [2.24, 2.45) is 155 Å². The van der Waals surface area contributed by atoms with Crippen LogP contribution in [0.25, 0.3) is 0 Å². The molecule has 0 saturated heterocycles. The smallest absolute Gasteiger partial charge is 0.331 e. The van der Waals surface area contributed by atoms with E-state index in [0.717, 1.165) is 128 Å². The van der Waals surface area contributed by atoms with Crippen LogP contribution in [0.2, 0.25) is 0 Å². The molecule has 19 rings (SSSR count). The molecule has 0 aromatic heterocycles. The Morgan fingerprint density at radius 1 is 0.523 bits per heavy atom. The van der Waals surface area contributed by atoms with E-state index >= 15 is 0 Å². The molecule has 19 aliphatic carbocycles. The van der Waals surface area contributed by atoms with Gasteiger partial charge in [0.15, 0.2) is 40.5 Å². The molecule has 19 heteroatoms. The summed E-state index contributed by atoms with van der Waals surface area (Å²) in [6.45, 7) is 34.4. The molecule has 6 N–H and O–H groups in total. The van der Waals surface area contributed by atoms with Gasteiger partial charge in [-0.1, -0.05) is 162 Å². The highest BCUT2D eigenvalue weighted by molar-refractivity contribution is 6.04. The summed E-state index contributed by atoms with van der Waals surface area (Å²) in [6, 6.07) is 0. The Hall–Kier alpha value is -6.48. The number of hydrogen-bond acceptors (Lipinski definition) is 19. The summed E-state index contributed by atoms with van der Waals surface area (Å²) >= 11 is 0. The average molecular weight is 1790 g/mol. The van der Waals surface area contributed by atoms with E-state index in [1.54, 1.807) is 31.2 Å². The number of aliphatic hydroxyl groups is 6. The lowest BCUT2D eigenvalue weighted by Crippen LogP contribution is -2.70. The fraction of sp³-hybridized carbons (Fsp3) is 0.748. The van der Waals surface area contributed by atoms with Gasteiger partial charge in [-0.15, -0.1) is 0 Å². The summed E-state index contributed by atoms with van der Waals surface area (Å²) in [4.78, 5) is 149. The number of aliphatic hydroxyl groups excluding tert-OH is 2. The largest absolute Gasteiger partial charge is 0.456 e. The Morgan fingerprint density at radius 2 is 1.08 bits per heavy atom. The Bertz CT molecular complexity index is 4920. The monoisotopic (exact) mass is 1790 g/mol. The third kappa shape index (κ3) is 15.0. The second kappa shape index (κ2) is 35.0. The minimum atomic E-state index is -1.76. The van der Waals surface area contributed by atoms with Crippen LogP contribution in [0.1, 0.15) is 323 Å². The van der Waals surface area contributed by atoms with E-state index in [4.69, 9.17) is 4.74 Å². The summed E-state index contributed by atoms with van der Waals surface area (Å²) < 4.78 is 5.91. The van der Waals surface area contributed by atoms with E-state index < -0.39 is 87.3 Å². The zero-order valence-corrected chi connectivity index (χ0v) is 81.3. The minimum Gasteiger partial charge on any atom is -0.456 e. The number of fused-ring (bicyclic) bond motifs is 23. The van der Waals surface area contributed by atoms with Crippen molar-refractivity contribution < 1.29 is 92.9 Å². The van der Waals surface area contributed by atoms with Crippen molar-refractivity contribution in [1.29, 1.82) is 0 Å². The molecule has 13 saturated carbocycles. The molecule has 13 fully saturated rings. The first-order chi connectivity index (χ1) is 60.9. The van der Waals surface area contributed by atoms with E-state index in [9.17, 15) is 88.2 Å². The number of ketones is 11. The van der Waals surface area contributed by atoms with Crippen molar-refractivity contribution in [3.8, 4) is 0 Å². The fourth-order valence-corrected chi connectivity index (χ4v) is 33.5. The van der Waals surface area contributed by atoms with Crippen molar-refractivity contribution in [2.45, 2.75) is 352 Å². The molecular formula is C111H154O19. The predicted molar refractivity (Wildman–Crippen MR) is 495 cm³/mol. The number of carbonyl (C=O) groups is 12. The van der Waals surface area contributed by atoms with E-state index in [1.165, 1.54) is 69.1 Å². The summed E-state index contributed by atoms with van der Waals surface area (Å²) in [5.41, 5.74) is -2.41. The van der Waals surface area contributed by atoms with Crippen molar-refractivity contribution in [2.75, 3.05) is 13.2 Å². The second-order valence-corrected chi connectivity index (χ2v) is 47.9. The molecule has 0 amide bonds. The van der Waals surface area contributed by atoms with Crippen LogP contribution >= 0.6 is 0 Å². The maximum Gasteiger partial charge on any atom is 0.331 e. The Morgan fingerprint density at radius 3 is 1.73 bits per heavy atom. The molecule has 0 radical (unpaired) electrons. The molecule has 0 aromatic rings. The van der Waals surface area contributed by atoms with Gasteiger partial charge < -0.3 is 35.4 Å². The van der Waals surface area contributed by atoms with E-state index in [0.29, 0.717) is 93.5 Å². The lowest BCUT2D eigenvalue weighted by atomic mass is 9.46. The highest BCUT2D eigenvalue weighted by Crippen LogP contribution is 2.74. The molecule has 712 valence electrons. The standard InChI is InChI=1S/C28H40O6.C27H42O.C21H26O5.C20H26O5.C15H20O2/c1-15(2)16(3)11-25(31)34-24-13-21(18(5)29)17(4)27(32)14-23-22(28(24,27)33)8-7-19-12-20(30)9-10-26(19,23)6;1-18(2)7-6-8-19(3)23-11-12-24-22-10-9-20-17-21(28)13-15-26(20,4)25(22)14-16-27(23,24)5;1-19-7-5-13(23)9-12(19)3-4-14-15-6-8-21(26,17(25)11-22)20(15,2)10-16(24)18(14)19;1-18-7-5-12(22)9-11(18)3-4-13-14-6-8-20(25,15(23)10-21)19(14,2)17(24)16(13)18;1-14-8-7-12(16)9-11(14)4-3-10-5-6-13(17)15(10,14)2/h11-12,15,17,21-24,32-33H,7-10,13-14H2,1-6H3;9-10,17-19,22-25H,6-8,11-16H2,1-5H3;5,7,9,14-15,18,22,26H,3-4,6,8,10-11H2,1-2H3;9,13-14,16,21,25H,3-8,10H2,1-2H3;9-10H,3-8H2,1-2H3/b16-11+;;;;. The van der Waals surface area contributed by atoms with Gasteiger partial charge in [0.25, 0.3) is 0 Å². The molecular weight excluding hydrogens is 1640 g/mol. The average Bonchev–Trinajstić information content (AvgIpc) is 1.51. The summed E-state index contributed by atoms with van der Waals surface area (Å²) in [5.74, 6) is 3.70. The molecule has 0 bridgehead atoms.